The molecule has 1 aromatic carbocycles. The Kier molecular flexibility index (Phi) is 10.1. The van der Waals surface area contributed by atoms with Gasteiger partial charge in [0, 0.05) is 17.8 Å². The van der Waals surface area contributed by atoms with Crippen LogP contribution in [0.25, 0.3) is 0 Å². The predicted octanol–water partition coefficient (Wildman–Crippen LogP) is 5.80. The van der Waals surface area contributed by atoms with E-state index in [9.17, 15) is 27.6 Å². The first-order valence-electron chi connectivity index (χ1n) is 11.6. The third-order valence-electron chi connectivity index (χ3n) is 5.33. The highest BCUT2D eigenvalue weighted by molar-refractivity contribution is 9.10. The average molecular weight is 586 g/mol. The molecule has 0 aliphatic heterocycles. The second kappa shape index (κ2) is 12.4. The van der Waals surface area contributed by atoms with Crippen LogP contribution in [-0.4, -0.2) is 27.0 Å². The summed E-state index contributed by atoms with van der Waals surface area (Å²) in [5.41, 5.74) is -2.22. The first-order chi connectivity index (χ1) is 17.2. The van der Waals surface area contributed by atoms with Crippen LogP contribution >= 0.6 is 15.9 Å². The average Bonchev–Trinajstić information content (AvgIpc) is 2.80. The molecular weight excluding hydrogens is 555 g/mol. The van der Waals surface area contributed by atoms with Crippen molar-refractivity contribution in [1.29, 1.82) is 0 Å². The lowest BCUT2D eigenvalue weighted by atomic mass is 10.1. The smallest absolute Gasteiger partial charge is 0.412 e. The van der Waals surface area contributed by atoms with Gasteiger partial charge < -0.3 is 10.1 Å². The van der Waals surface area contributed by atoms with Crippen LogP contribution in [0.2, 0.25) is 0 Å². The second-order valence-electron chi connectivity index (χ2n) is 9.32. The van der Waals surface area contributed by atoms with E-state index in [-0.39, 0.29) is 23.3 Å². The summed E-state index contributed by atoms with van der Waals surface area (Å²) >= 11 is 3.19. The Balaban J connectivity index is 2.50. The van der Waals surface area contributed by atoms with E-state index >= 15 is 0 Å². The van der Waals surface area contributed by atoms with Gasteiger partial charge in [-0.1, -0.05) is 48.6 Å². The topological polar surface area (TPSA) is 82.3 Å². The van der Waals surface area contributed by atoms with Crippen LogP contribution in [0.1, 0.15) is 51.4 Å². The van der Waals surface area contributed by atoms with Crippen molar-refractivity contribution in [1.82, 2.24) is 14.5 Å². The normalized spacial score (nSPS) is 13.6. The Hall–Kier alpha value is -3.08. The Bertz CT molecular complexity index is 1270. The van der Waals surface area contributed by atoms with Gasteiger partial charge in [-0.25, -0.2) is 9.59 Å². The number of aromatic nitrogens is 2. The number of benzene rings is 1. The molecule has 0 saturated heterocycles. The number of alkyl carbamates (subject to hydrolysis) is 1. The first kappa shape index (κ1) is 30.1. The van der Waals surface area contributed by atoms with E-state index in [1.54, 1.807) is 58.0 Å². The van der Waals surface area contributed by atoms with Gasteiger partial charge in [0.2, 0.25) is 0 Å². The SMILES string of the molecule is C/C=C\C=C(/CCn1c(C)c(Br)c(=O)n(C[C@H](NC(=O)OC(C)(C)C)c2ccccc2)c1=O)C(F)(F)F. The summed E-state index contributed by atoms with van der Waals surface area (Å²) in [7, 11) is 0. The minimum Gasteiger partial charge on any atom is -0.444 e. The van der Waals surface area contributed by atoms with Gasteiger partial charge in [-0.3, -0.25) is 13.9 Å². The number of rotatable bonds is 8. The fraction of sp³-hybridized carbons (Fsp3) is 0.423. The molecule has 1 amide bonds. The highest BCUT2D eigenvalue weighted by Crippen LogP contribution is 2.29. The summed E-state index contributed by atoms with van der Waals surface area (Å²) < 4.78 is 47.8. The molecule has 0 spiro atoms. The molecule has 0 bridgehead atoms. The monoisotopic (exact) mass is 585 g/mol. The predicted molar refractivity (Wildman–Crippen MR) is 140 cm³/mol. The van der Waals surface area contributed by atoms with Gasteiger partial charge in [-0.2, -0.15) is 13.2 Å². The number of amides is 1. The van der Waals surface area contributed by atoms with Crippen molar-refractivity contribution in [3.63, 3.8) is 0 Å². The lowest BCUT2D eigenvalue weighted by molar-refractivity contribution is -0.0943. The largest absolute Gasteiger partial charge is 0.444 e. The molecule has 0 aliphatic rings. The molecule has 1 heterocycles. The number of allylic oxidation sites excluding steroid dienone is 4. The van der Waals surface area contributed by atoms with Gasteiger partial charge in [0.1, 0.15) is 10.1 Å². The number of carbonyl (C=O) groups is 1. The van der Waals surface area contributed by atoms with Gasteiger partial charge in [-0.15, -0.1) is 0 Å². The lowest BCUT2D eigenvalue weighted by Crippen LogP contribution is -2.45. The van der Waals surface area contributed by atoms with E-state index in [0.717, 1.165) is 15.2 Å². The van der Waals surface area contributed by atoms with Crippen molar-refractivity contribution in [2.45, 2.75) is 71.9 Å². The molecule has 2 rings (SSSR count). The van der Waals surface area contributed by atoms with E-state index in [4.69, 9.17) is 4.74 Å². The summed E-state index contributed by atoms with van der Waals surface area (Å²) in [6, 6.07) is 7.86. The zero-order chi connectivity index (χ0) is 28.0. The van der Waals surface area contributed by atoms with Crippen molar-refractivity contribution in [2.75, 3.05) is 0 Å². The number of hydrogen-bond donors (Lipinski definition) is 1. The molecule has 0 saturated carbocycles. The molecule has 0 unspecified atom stereocenters. The number of nitrogens with zero attached hydrogens (tertiary/aromatic N) is 2. The molecule has 0 fully saturated rings. The van der Waals surface area contributed by atoms with E-state index in [1.165, 1.54) is 19.1 Å². The van der Waals surface area contributed by atoms with Crippen LogP contribution in [0.3, 0.4) is 0 Å². The lowest BCUT2D eigenvalue weighted by Gasteiger charge is -2.25. The number of alkyl halides is 3. The molecule has 0 aliphatic carbocycles. The molecule has 37 heavy (non-hydrogen) atoms. The number of carbonyl (C=O) groups excluding carboxylic acids is 1. The minimum atomic E-state index is -4.57. The highest BCUT2D eigenvalue weighted by Gasteiger charge is 2.33. The fourth-order valence-electron chi connectivity index (χ4n) is 3.51. The highest BCUT2D eigenvalue weighted by atomic mass is 79.9. The van der Waals surface area contributed by atoms with Crippen molar-refractivity contribution < 1.29 is 22.7 Å². The summed E-state index contributed by atoms with van der Waals surface area (Å²) in [5, 5.41) is 2.69. The van der Waals surface area contributed by atoms with Crippen LogP contribution in [0.15, 0.2) is 68.2 Å². The molecule has 11 heteroatoms. The molecule has 202 valence electrons. The van der Waals surface area contributed by atoms with Crippen LogP contribution in [0.5, 0.6) is 0 Å². The van der Waals surface area contributed by atoms with E-state index in [0.29, 0.717) is 5.56 Å². The van der Waals surface area contributed by atoms with Crippen LogP contribution in [0, 0.1) is 6.92 Å². The Labute approximate surface area is 221 Å². The Morgan fingerprint density at radius 1 is 1.14 bits per heavy atom. The van der Waals surface area contributed by atoms with E-state index < -0.39 is 47.2 Å². The number of nitrogens with one attached hydrogen (secondary N) is 1. The van der Waals surface area contributed by atoms with Crippen LogP contribution < -0.4 is 16.6 Å². The molecule has 1 atom stereocenters. The number of hydrogen-bond acceptors (Lipinski definition) is 4. The van der Waals surface area contributed by atoms with E-state index in [1.807, 2.05) is 0 Å². The van der Waals surface area contributed by atoms with Crippen molar-refractivity contribution >= 4 is 22.0 Å². The molecule has 7 nitrogen and oxygen atoms in total. The van der Waals surface area contributed by atoms with Gasteiger partial charge in [0.15, 0.2) is 0 Å². The number of ether oxygens (including phenoxy) is 1. The summed E-state index contributed by atoms with van der Waals surface area (Å²) in [4.78, 5) is 38.9. The summed E-state index contributed by atoms with van der Waals surface area (Å²) in [6.45, 7) is 7.61. The maximum absolute atomic E-state index is 13.5. The molecule has 1 aromatic heterocycles. The zero-order valence-electron chi connectivity index (χ0n) is 21.4. The minimum absolute atomic E-state index is 0.0437. The first-order valence-corrected chi connectivity index (χ1v) is 12.4. The molecule has 0 radical (unpaired) electrons. The fourth-order valence-corrected chi connectivity index (χ4v) is 3.94. The van der Waals surface area contributed by atoms with Crippen molar-refractivity contribution in [3.8, 4) is 0 Å². The quantitative estimate of drug-likeness (QED) is 0.397. The third kappa shape index (κ3) is 8.48. The van der Waals surface area contributed by atoms with Gasteiger partial charge >= 0.3 is 18.0 Å². The number of halogens is 4. The third-order valence-corrected chi connectivity index (χ3v) is 6.25. The van der Waals surface area contributed by atoms with E-state index in [2.05, 4.69) is 21.2 Å². The Morgan fingerprint density at radius 3 is 2.30 bits per heavy atom. The van der Waals surface area contributed by atoms with Crippen molar-refractivity contribution in [2.24, 2.45) is 0 Å². The maximum Gasteiger partial charge on any atom is 0.412 e. The molecule has 1 N–H and O–H groups in total. The van der Waals surface area contributed by atoms with Crippen LogP contribution in [0.4, 0.5) is 18.0 Å². The van der Waals surface area contributed by atoms with Gasteiger partial charge in [-0.05, 0) is 62.5 Å². The Morgan fingerprint density at radius 2 is 1.76 bits per heavy atom. The second-order valence-corrected chi connectivity index (χ2v) is 10.1. The maximum atomic E-state index is 13.5. The standard InChI is InChI=1S/C26H31BrF3N3O4/c1-6-7-13-19(26(28,29)30)14-15-32-17(2)21(27)22(34)33(24(32)36)16-20(18-11-9-8-10-12-18)31-23(35)37-25(3,4)5/h6-13,20H,14-16H2,1-5H3,(H,31,35)/b7-6-,19-13+/t20-/m0/s1. The molecule has 2 aromatic rings. The molecular formula is C26H31BrF3N3O4. The van der Waals surface area contributed by atoms with Gasteiger partial charge in [0.25, 0.3) is 5.56 Å². The van der Waals surface area contributed by atoms with Crippen molar-refractivity contribution in [3.05, 3.63) is 90.7 Å². The summed E-state index contributed by atoms with van der Waals surface area (Å²) in [5.74, 6) is 0. The summed E-state index contributed by atoms with van der Waals surface area (Å²) in [6.07, 6.45) is -2.08. The zero-order valence-corrected chi connectivity index (χ0v) is 22.9. The van der Waals surface area contributed by atoms with Gasteiger partial charge in [0.05, 0.1) is 12.6 Å². The van der Waals surface area contributed by atoms with Crippen LogP contribution in [-0.2, 0) is 17.8 Å².